The molecule has 0 aromatic carbocycles. The topological polar surface area (TPSA) is 61.3 Å². The van der Waals surface area contributed by atoms with Crippen LogP contribution in [0.15, 0.2) is 12.4 Å². The molecule has 0 amide bonds. The van der Waals surface area contributed by atoms with Crippen molar-refractivity contribution in [1.82, 2.24) is 9.97 Å². The fraction of sp³-hybridized carbons (Fsp3) is 0.667. The number of nitrogens with zero attached hydrogens (tertiary/aromatic N) is 3. The molecule has 0 unspecified atom stereocenters. The second-order valence-corrected chi connectivity index (χ2v) is 4.16. The van der Waals surface area contributed by atoms with Gasteiger partial charge < -0.3 is 15.3 Å². The first kappa shape index (κ1) is 13.7. The summed E-state index contributed by atoms with van der Waals surface area (Å²) in [4.78, 5) is 10.8. The van der Waals surface area contributed by atoms with Crippen LogP contribution in [0.5, 0.6) is 0 Å². The van der Waals surface area contributed by atoms with Crippen LogP contribution >= 0.6 is 0 Å². The standard InChI is InChI=1S/C12H22N4O/c1-4-14-11-8-13-9-12(15-11)16(10(2)3)6-5-7-17/h8-10,17H,4-7H2,1-3H3,(H,14,15). The lowest BCUT2D eigenvalue weighted by Gasteiger charge is -2.27. The summed E-state index contributed by atoms with van der Waals surface area (Å²) >= 11 is 0. The number of anilines is 2. The molecule has 1 aromatic rings. The molecule has 0 fully saturated rings. The number of aromatic nitrogens is 2. The Hall–Kier alpha value is -1.36. The Balaban J connectivity index is 2.81. The van der Waals surface area contributed by atoms with Gasteiger partial charge in [0.1, 0.15) is 11.6 Å². The van der Waals surface area contributed by atoms with E-state index in [-0.39, 0.29) is 6.61 Å². The van der Waals surface area contributed by atoms with Crippen molar-refractivity contribution in [2.24, 2.45) is 0 Å². The molecule has 0 saturated heterocycles. The van der Waals surface area contributed by atoms with Crippen LogP contribution in [-0.2, 0) is 0 Å². The highest BCUT2D eigenvalue weighted by Gasteiger charge is 2.12. The number of aliphatic hydroxyl groups is 1. The molecular weight excluding hydrogens is 216 g/mol. The Kier molecular flexibility index (Phi) is 5.69. The average molecular weight is 238 g/mol. The molecule has 5 heteroatoms. The number of hydrogen-bond donors (Lipinski definition) is 2. The van der Waals surface area contributed by atoms with Gasteiger partial charge in [0.2, 0.25) is 0 Å². The minimum atomic E-state index is 0.198. The molecule has 1 heterocycles. The van der Waals surface area contributed by atoms with Crippen LogP contribution in [0.25, 0.3) is 0 Å². The molecule has 17 heavy (non-hydrogen) atoms. The van der Waals surface area contributed by atoms with Crippen LogP contribution in [-0.4, -0.2) is 40.8 Å². The lowest BCUT2D eigenvalue weighted by molar-refractivity contribution is 0.288. The Morgan fingerprint density at radius 2 is 2.18 bits per heavy atom. The zero-order chi connectivity index (χ0) is 12.7. The Morgan fingerprint density at radius 1 is 1.41 bits per heavy atom. The van der Waals surface area contributed by atoms with Crippen LogP contribution < -0.4 is 10.2 Å². The van der Waals surface area contributed by atoms with Gasteiger partial charge in [-0.15, -0.1) is 0 Å². The van der Waals surface area contributed by atoms with E-state index in [9.17, 15) is 0 Å². The molecule has 0 aliphatic carbocycles. The van der Waals surface area contributed by atoms with Crippen molar-refractivity contribution in [2.75, 3.05) is 29.9 Å². The van der Waals surface area contributed by atoms with E-state index in [0.717, 1.165) is 31.1 Å². The lowest BCUT2D eigenvalue weighted by Crippen LogP contribution is -2.33. The molecule has 96 valence electrons. The van der Waals surface area contributed by atoms with E-state index in [1.54, 1.807) is 12.4 Å². The first-order valence-electron chi connectivity index (χ1n) is 6.12. The molecule has 1 rings (SSSR count). The summed E-state index contributed by atoms with van der Waals surface area (Å²) < 4.78 is 0. The number of nitrogens with one attached hydrogen (secondary N) is 1. The average Bonchev–Trinajstić information content (AvgIpc) is 2.30. The van der Waals surface area contributed by atoms with Crippen molar-refractivity contribution >= 4 is 11.6 Å². The molecule has 0 saturated carbocycles. The molecule has 0 spiro atoms. The second-order valence-electron chi connectivity index (χ2n) is 4.16. The van der Waals surface area contributed by atoms with Crippen molar-refractivity contribution in [2.45, 2.75) is 33.2 Å². The fourth-order valence-electron chi connectivity index (χ4n) is 1.64. The van der Waals surface area contributed by atoms with Crippen LogP contribution in [0.2, 0.25) is 0 Å². The van der Waals surface area contributed by atoms with E-state index in [1.165, 1.54) is 0 Å². The summed E-state index contributed by atoms with van der Waals surface area (Å²) in [7, 11) is 0. The third-order valence-electron chi connectivity index (χ3n) is 2.45. The van der Waals surface area contributed by atoms with Gasteiger partial charge in [0.15, 0.2) is 0 Å². The van der Waals surface area contributed by atoms with Gasteiger partial charge >= 0.3 is 0 Å². The monoisotopic (exact) mass is 238 g/mol. The van der Waals surface area contributed by atoms with Crippen molar-refractivity contribution in [3.8, 4) is 0 Å². The minimum Gasteiger partial charge on any atom is -0.396 e. The fourth-order valence-corrected chi connectivity index (χ4v) is 1.64. The Morgan fingerprint density at radius 3 is 2.76 bits per heavy atom. The van der Waals surface area contributed by atoms with E-state index in [0.29, 0.717) is 6.04 Å². The van der Waals surface area contributed by atoms with E-state index in [4.69, 9.17) is 5.11 Å². The summed E-state index contributed by atoms with van der Waals surface area (Å²) in [6.45, 7) is 8.07. The first-order chi connectivity index (χ1) is 8.19. The number of hydrogen-bond acceptors (Lipinski definition) is 5. The van der Waals surface area contributed by atoms with Gasteiger partial charge in [-0.1, -0.05) is 0 Å². The molecule has 0 radical (unpaired) electrons. The summed E-state index contributed by atoms with van der Waals surface area (Å²) in [6, 6.07) is 0.340. The SMILES string of the molecule is CCNc1cncc(N(CCCO)C(C)C)n1. The zero-order valence-corrected chi connectivity index (χ0v) is 10.8. The lowest BCUT2D eigenvalue weighted by atomic mass is 10.3. The van der Waals surface area contributed by atoms with Gasteiger partial charge in [0, 0.05) is 25.7 Å². The summed E-state index contributed by atoms with van der Waals surface area (Å²) in [5, 5.41) is 12.1. The predicted octanol–water partition coefficient (Wildman–Crippen LogP) is 1.51. The maximum atomic E-state index is 8.91. The maximum absolute atomic E-state index is 8.91. The van der Waals surface area contributed by atoms with Crippen molar-refractivity contribution < 1.29 is 5.11 Å². The van der Waals surface area contributed by atoms with Crippen molar-refractivity contribution in [3.05, 3.63) is 12.4 Å². The third-order valence-corrected chi connectivity index (χ3v) is 2.45. The smallest absolute Gasteiger partial charge is 0.149 e. The maximum Gasteiger partial charge on any atom is 0.149 e. The number of rotatable bonds is 7. The second kappa shape index (κ2) is 7.06. The van der Waals surface area contributed by atoms with Crippen molar-refractivity contribution in [3.63, 3.8) is 0 Å². The molecule has 5 nitrogen and oxygen atoms in total. The van der Waals surface area contributed by atoms with Crippen molar-refractivity contribution in [1.29, 1.82) is 0 Å². The zero-order valence-electron chi connectivity index (χ0n) is 10.8. The third kappa shape index (κ3) is 4.19. The normalized spacial score (nSPS) is 10.6. The summed E-state index contributed by atoms with van der Waals surface area (Å²) in [5.41, 5.74) is 0. The predicted molar refractivity (Wildman–Crippen MR) is 70.4 cm³/mol. The van der Waals surface area contributed by atoms with Crippen LogP contribution in [0.3, 0.4) is 0 Å². The van der Waals surface area contributed by atoms with E-state index in [1.807, 2.05) is 6.92 Å². The van der Waals surface area contributed by atoms with Gasteiger partial charge in [0.25, 0.3) is 0 Å². The van der Waals surface area contributed by atoms with Crippen LogP contribution in [0, 0.1) is 0 Å². The molecule has 0 aliphatic rings. The van der Waals surface area contributed by atoms with Gasteiger partial charge in [-0.25, -0.2) is 4.98 Å². The van der Waals surface area contributed by atoms with E-state index in [2.05, 4.69) is 34.0 Å². The number of aliphatic hydroxyl groups excluding tert-OH is 1. The Labute approximate surface area is 103 Å². The molecule has 2 N–H and O–H groups in total. The first-order valence-corrected chi connectivity index (χ1v) is 6.12. The molecule has 0 atom stereocenters. The van der Waals surface area contributed by atoms with E-state index < -0.39 is 0 Å². The minimum absolute atomic E-state index is 0.198. The largest absolute Gasteiger partial charge is 0.396 e. The highest BCUT2D eigenvalue weighted by atomic mass is 16.3. The molecular formula is C12H22N4O. The van der Waals surface area contributed by atoms with Gasteiger partial charge in [-0.05, 0) is 27.2 Å². The van der Waals surface area contributed by atoms with Gasteiger partial charge in [-0.2, -0.15) is 0 Å². The summed E-state index contributed by atoms with van der Waals surface area (Å²) in [5.74, 6) is 1.64. The highest BCUT2D eigenvalue weighted by Crippen LogP contribution is 2.15. The Bertz CT molecular complexity index is 330. The highest BCUT2D eigenvalue weighted by molar-refractivity contribution is 5.44. The van der Waals surface area contributed by atoms with Gasteiger partial charge in [-0.3, -0.25) is 4.98 Å². The quantitative estimate of drug-likeness (QED) is 0.754. The molecule has 0 aliphatic heterocycles. The van der Waals surface area contributed by atoms with E-state index >= 15 is 0 Å². The summed E-state index contributed by atoms with van der Waals surface area (Å²) in [6.07, 6.45) is 4.22. The van der Waals surface area contributed by atoms with Gasteiger partial charge in [0.05, 0.1) is 12.4 Å². The molecule has 1 aromatic heterocycles. The van der Waals surface area contributed by atoms with Crippen LogP contribution in [0.4, 0.5) is 11.6 Å². The van der Waals surface area contributed by atoms with Crippen LogP contribution in [0.1, 0.15) is 27.2 Å². The molecule has 0 bridgehead atoms.